The zero-order valence-corrected chi connectivity index (χ0v) is 16.7. The summed E-state index contributed by atoms with van der Waals surface area (Å²) in [5.41, 5.74) is -1.23. The standard InChI is InChI=1S/C20H18ClFN4O4/c1-30-11-10-23-18(27)17-19(28)25(12-13-2-6-15(22)7-3-13)20(29)26(24-17)16-8-4-14(21)5-9-16/h2-9H,10-12H2,1H3,(H,23,27). The second kappa shape index (κ2) is 9.47. The highest BCUT2D eigenvalue weighted by Crippen LogP contribution is 2.11. The molecule has 0 radical (unpaired) electrons. The van der Waals surface area contributed by atoms with Crippen molar-refractivity contribution in [1.82, 2.24) is 19.7 Å². The fraction of sp³-hybridized carbons (Fsp3) is 0.200. The number of methoxy groups -OCH3 is 1. The Bertz CT molecular complexity index is 1160. The first-order chi connectivity index (χ1) is 14.4. The van der Waals surface area contributed by atoms with Crippen molar-refractivity contribution >= 4 is 17.5 Å². The van der Waals surface area contributed by atoms with Crippen molar-refractivity contribution in [1.29, 1.82) is 0 Å². The second-order valence-corrected chi connectivity index (χ2v) is 6.72. The molecule has 1 amide bonds. The van der Waals surface area contributed by atoms with E-state index in [0.717, 1.165) is 9.25 Å². The van der Waals surface area contributed by atoms with E-state index in [1.807, 2.05) is 0 Å². The Morgan fingerprint density at radius 2 is 1.80 bits per heavy atom. The molecule has 0 aliphatic rings. The number of rotatable bonds is 7. The number of carbonyl (C=O) groups excluding carboxylic acids is 1. The van der Waals surface area contributed by atoms with Crippen LogP contribution in [-0.4, -0.2) is 40.5 Å². The fourth-order valence-corrected chi connectivity index (χ4v) is 2.80. The lowest BCUT2D eigenvalue weighted by molar-refractivity contribution is 0.0927. The molecule has 0 unspecified atom stereocenters. The number of aromatic nitrogens is 3. The van der Waals surface area contributed by atoms with Gasteiger partial charge in [0.05, 0.1) is 18.8 Å². The van der Waals surface area contributed by atoms with E-state index in [9.17, 15) is 18.8 Å². The highest BCUT2D eigenvalue weighted by atomic mass is 35.5. The molecule has 0 saturated carbocycles. The summed E-state index contributed by atoms with van der Waals surface area (Å²) in [5.74, 6) is -1.19. The van der Waals surface area contributed by atoms with Gasteiger partial charge in [-0.25, -0.2) is 9.18 Å². The molecular formula is C20H18ClFN4O4. The molecule has 1 heterocycles. The number of hydrogen-bond donors (Lipinski definition) is 1. The van der Waals surface area contributed by atoms with Crippen molar-refractivity contribution in [2.45, 2.75) is 6.54 Å². The van der Waals surface area contributed by atoms with Gasteiger partial charge in [0.15, 0.2) is 0 Å². The smallest absolute Gasteiger partial charge is 0.352 e. The van der Waals surface area contributed by atoms with Gasteiger partial charge in [0.25, 0.3) is 11.5 Å². The molecule has 0 fully saturated rings. The molecule has 0 aliphatic heterocycles. The lowest BCUT2D eigenvalue weighted by Gasteiger charge is -2.12. The van der Waals surface area contributed by atoms with Crippen LogP contribution in [0.25, 0.3) is 5.69 Å². The highest BCUT2D eigenvalue weighted by Gasteiger charge is 2.20. The minimum absolute atomic E-state index is 0.160. The van der Waals surface area contributed by atoms with Gasteiger partial charge in [-0.1, -0.05) is 23.7 Å². The summed E-state index contributed by atoms with van der Waals surface area (Å²) in [6, 6.07) is 11.5. The number of halogens is 2. The Morgan fingerprint density at radius 3 is 2.43 bits per heavy atom. The van der Waals surface area contributed by atoms with E-state index in [0.29, 0.717) is 16.3 Å². The van der Waals surface area contributed by atoms with Crippen molar-refractivity contribution in [2.24, 2.45) is 0 Å². The maximum Gasteiger partial charge on any atom is 0.352 e. The van der Waals surface area contributed by atoms with Crippen LogP contribution in [0.3, 0.4) is 0 Å². The van der Waals surface area contributed by atoms with Gasteiger partial charge in [0, 0.05) is 18.7 Å². The first-order valence-corrected chi connectivity index (χ1v) is 9.30. The van der Waals surface area contributed by atoms with Crippen molar-refractivity contribution in [2.75, 3.05) is 20.3 Å². The highest BCUT2D eigenvalue weighted by molar-refractivity contribution is 6.30. The normalized spacial score (nSPS) is 10.8. The van der Waals surface area contributed by atoms with Crippen LogP contribution in [0.5, 0.6) is 0 Å². The second-order valence-electron chi connectivity index (χ2n) is 6.29. The van der Waals surface area contributed by atoms with Gasteiger partial charge in [-0.05, 0) is 42.0 Å². The molecule has 2 aromatic carbocycles. The van der Waals surface area contributed by atoms with Crippen LogP contribution in [0.1, 0.15) is 16.1 Å². The molecule has 3 aromatic rings. The van der Waals surface area contributed by atoms with Gasteiger partial charge in [-0.3, -0.25) is 14.2 Å². The largest absolute Gasteiger partial charge is 0.383 e. The zero-order valence-electron chi connectivity index (χ0n) is 16.0. The summed E-state index contributed by atoms with van der Waals surface area (Å²) in [7, 11) is 1.47. The van der Waals surface area contributed by atoms with Crippen LogP contribution < -0.4 is 16.6 Å². The van der Waals surface area contributed by atoms with Crippen LogP contribution in [0.2, 0.25) is 5.02 Å². The molecule has 1 N–H and O–H groups in total. The Labute approximate surface area is 175 Å². The van der Waals surface area contributed by atoms with Gasteiger partial charge < -0.3 is 10.1 Å². The molecule has 8 nitrogen and oxygen atoms in total. The summed E-state index contributed by atoms with van der Waals surface area (Å²) in [4.78, 5) is 38.4. The average molecular weight is 433 g/mol. The molecule has 0 atom stereocenters. The quantitative estimate of drug-likeness (QED) is 0.572. The van der Waals surface area contributed by atoms with Gasteiger partial charge >= 0.3 is 5.69 Å². The predicted molar refractivity (Wildman–Crippen MR) is 109 cm³/mol. The molecule has 0 spiro atoms. The van der Waals surface area contributed by atoms with E-state index in [-0.39, 0.29) is 19.7 Å². The molecule has 0 bridgehead atoms. The molecule has 30 heavy (non-hydrogen) atoms. The van der Waals surface area contributed by atoms with Crippen molar-refractivity contribution < 1.29 is 13.9 Å². The minimum Gasteiger partial charge on any atom is -0.383 e. The average Bonchev–Trinajstić information content (AvgIpc) is 2.73. The lowest BCUT2D eigenvalue weighted by atomic mass is 10.2. The van der Waals surface area contributed by atoms with Gasteiger partial charge in [-0.2, -0.15) is 9.78 Å². The van der Waals surface area contributed by atoms with Gasteiger partial charge in [0.2, 0.25) is 5.69 Å². The van der Waals surface area contributed by atoms with Crippen molar-refractivity contribution in [3.8, 4) is 5.69 Å². The number of hydrogen-bond acceptors (Lipinski definition) is 5. The first-order valence-electron chi connectivity index (χ1n) is 8.92. The maximum atomic E-state index is 13.2. The topological polar surface area (TPSA) is 95.2 Å². The lowest BCUT2D eigenvalue weighted by Crippen LogP contribution is -2.46. The van der Waals surface area contributed by atoms with Crippen LogP contribution in [0.15, 0.2) is 58.1 Å². The Kier molecular flexibility index (Phi) is 6.76. The third kappa shape index (κ3) is 4.81. The number of carbonyl (C=O) groups is 1. The summed E-state index contributed by atoms with van der Waals surface area (Å²) in [6.07, 6.45) is 0. The third-order valence-electron chi connectivity index (χ3n) is 4.19. The van der Waals surface area contributed by atoms with Crippen molar-refractivity contribution in [3.63, 3.8) is 0 Å². The molecule has 10 heteroatoms. The summed E-state index contributed by atoms with van der Waals surface area (Å²) < 4.78 is 19.9. The zero-order chi connectivity index (χ0) is 21.7. The summed E-state index contributed by atoms with van der Waals surface area (Å²) in [6.45, 7) is 0.243. The Balaban J connectivity index is 2.12. The van der Waals surface area contributed by atoms with Gasteiger partial charge in [-0.15, -0.1) is 0 Å². The number of nitrogens with zero attached hydrogens (tertiary/aromatic N) is 3. The summed E-state index contributed by atoms with van der Waals surface area (Å²) >= 11 is 5.90. The van der Waals surface area contributed by atoms with Crippen LogP contribution >= 0.6 is 11.6 Å². The molecular weight excluding hydrogens is 415 g/mol. The Hall–Kier alpha value is -3.30. The van der Waals surface area contributed by atoms with E-state index in [1.165, 1.54) is 43.5 Å². The number of benzene rings is 2. The van der Waals surface area contributed by atoms with E-state index in [4.69, 9.17) is 16.3 Å². The van der Waals surface area contributed by atoms with E-state index < -0.39 is 28.7 Å². The first kappa shape index (κ1) is 21.4. The van der Waals surface area contributed by atoms with Crippen LogP contribution in [-0.2, 0) is 11.3 Å². The number of amides is 1. The molecule has 156 valence electrons. The molecule has 0 aliphatic carbocycles. The van der Waals surface area contributed by atoms with E-state index in [1.54, 1.807) is 12.1 Å². The monoisotopic (exact) mass is 432 g/mol. The van der Waals surface area contributed by atoms with E-state index >= 15 is 0 Å². The van der Waals surface area contributed by atoms with E-state index in [2.05, 4.69) is 10.4 Å². The van der Waals surface area contributed by atoms with Crippen LogP contribution in [0.4, 0.5) is 4.39 Å². The third-order valence-corrected chi connectivity index (χ3v) is 4.44. The Morgan fingerprint density at radius 1 is 1.13 bits per heavy atom. The summed E-state index contributed by atoms with van der Waals surface area (Å²) in [5, 5.41) is 6.95. The number of ether oxygens (including phenoxy) is 1. The van der Waals surface area contributed by atoms with Crippen LogP contribution in [0, 0.1) is 5.82 Å². The number of nitrogens with one attached hydrogen (secondary N) is 1. The molecule has 1 aromatic heterocycles. The fourth-order valence-electron chi connectivity index (χ4n) is 2.67. The minimum atomic E-state index is -0.857. The molecule has 3 rings (SSSR count). The maximum absolute atomic E-state index is 13.2. The van der Waals surface area contributed by atoms with Gasteiger partial charge in [0.1, 0.15) is 5.82 Å². The predicted octanol–water partition coefficient (Wildman–Crippen LogP) is 1.61. The molecule has 0 saturated heterocycles. The SMILES string of the molecule is COCCNC(=O)c1nn(-c2ccc(Cl)cc2)c(=O)n(Cc2ccc(F)cc2)c1=O. The van der Waals surface area contributed by atoms with Crippen molar-refractivity contribution in [3.05, 3.63) is 91.5 Å².